The molecule has 0 atom stereocenters. The summed E-state index contributed by atoms with van der Waals surface area (Å²) in [7, 11) is 0. The van der Waals surface area contributed by atoms with Crippen molar-refractivity contribution in [3.05, 3.63) is 40.3 Å². The Hall–Kier alpha value is -0.990. The van der Waals surface area contributed by atoms with Crippen LogP contribution < -0.4 is 0 Å². The Morgan fingerprint density at radius 2 is 2.10 bits per heavy atom. The maximum atomic E-state index is 6.29. The summed E-state index contributed by atoms with van der Waals surface area (Å²) in [6.45, 7) is 3.20. The van der Waals surface area contributed by atoms with E-state index >= 15 is 0 Å². The van der Waals surface area contributed by atoms with E-state index in [0.29, 0.717) is 10.0 Å². The highest BCUT2D eigenvalue weighted by atomic mass is 35.5. The van der Waals surface area contributed by atoms with Crippen LogP contribution in [-0.2, 0) is 13.0 Å². The van der Waals surface area contributed by atoms with E-state index in [1.807, 2.05) is 12.1 Å². The van der Waals surface area contributed by atoms with Gasteiger partial charge in [0.1, 0.15) is 5.82 Å². The summed E-state index contributed by atoms with van der Waals surface area (Å²) >= 11 is 12.3. The Labute approximate surface area is 136 Å². The first-order valence-electron chi connectivity index (χ1n) is 7.69. The van der Waals surface area contributed by atoms with Crippen LogP contribution in [-0.4, -0.2) is 9.55 Å². The molecule has 1 aliphatic carbocycles. The maximum Gasteiger partial charge on any atom is 0.109 e. The molecule has 0 bridgehead atoms. The zero-order valence-corrected chi connectivity index (χ0v) is 13.8. The number of hydrogen-bond acceptors (Lipinski definition) is 1. The van der Waals surface area contributed by atoms with Crippen LogP contribution in [0.2, 0.25) is 10.0 Å². The third kappa shape index (κ3) is 3.61. The van der Waals surface area contributed by atoms with E-state index < -0.39 is 0 Å². The maximum absolute atomic E-state index is 6.29. The smallest absolute Gasteiger partial charge is 0.109 e. The minimum atomic E-state index is 0.656. The van der Waals surface area contributed by atoms with Crippen molar-refractivity contribution >= 4 is 23.2 Å². The summed E-state index contributed by atoms with van der Waals surface area (Å²) in [5, 5.41) is 1.32. The van der Waals surface area contributed by atoms with Gasteiger partial charge >= 0.3 is 0 Å². The van der Waals surface area contributed by atoms with E-state index in [-0.39, 0.29) is 0 Å². The number of imidazole rings is 1. The molecular weight excluding hydrogens is 303 g/mol. The third-order valence-electron chi connectivity index (χ3n) is 4.09. The molecule has 0 aliphatic heterocycles. The Kier molecular flexibility index (Phi) is 4.56. The average Bonchev–Trinajstić information content (AvgIpc) is 3.18. The summed E-state index contributed by atoms with van der Waals surface area (Å²) in [6.07, 6.45) is 8.50. The molecule has 2 aromatic rings. The lowest BCUT2D eigenvalue weighted by atomic mass is 10.2. The highest BCUT2D eigenvalue weighted by Gasteiger charge is 2.20. The highest BCUT2D eigenvalue weighted by molar-refractivity contribution is 6.36. The molecular formula is C17H20Cl2N2. The summed E-state index contributed by atoms with van der Waals surface area (Å²) in [6, 6.07) is 5.58. The van der Waals surface area contributed by atoms with Crippen LogP contribution in [0, 0.1) is 5.92 Å². The molecule has 0 unspecified atom stereocenters. The highest BCUT2D eigenvalue weighted by Crippen LogP contribution is 2.34. The van der Waals surface area contributed by atoms with Gasteiger partial charge in [-0.3, -0.25) is 0 Å². The molecule has 1 aromatic heterocycles. The van der Waals surface area contributed by atoms with E-state index in [4.69, 9.17) is 28.2 Å². The first-order valence-corrected chi connectivity index (χ1v) is 8.44. The van der Waals surface area contributed by atoms with Crippen molar-refractivity contribution in [2.24, 2.45) is 5.92 Å². The van der Waals surface area contributed by atoms with Crippen molar-refractivity contribution in [3.8, 4) is 11.3 Å². The van der Waals surface area contributed by atoms with Gasteiger partial charge in [0.2, 0.25) is 0 Å². The Morgan fingerprint density at radius 3 is 2.76 bits per heavy atom. The summed E-state index contributed by atoms with van der Waals surface area (Å²) < 4.78 is 2.28. The Morgan fingerprint density at radius 1 is 1.29 bits per heavy atom. The van der Waals surface area contributed by atoms with Crippen molar-refractivity contribution in [1.29, 1.82) is 0 Å². The molecule has 3 rings (SSSR count). The normalized spacial score (nSPS) is 14.6. The quantitative estimate of drug-likeness (QED) is 0.675. The monoisotopic (exact) mass is 322 g/mol. The summed E-state index contributed by atoms with van der Waals surface area (Å²) in [4.78, 5) is 4.74. The standard InChI is InChI=1S/C17H20Cl2N2/c1-2-17-20-16(14-8-7-13(18)10-15(14)19)11-21(17)9-3-4-12-5-6-12/h7-8,10-12H,2-6,9H2,1H3. The van der Waals surface area contributed by atoms with Gasteiger partial charge in [-0.1, -0.05) is 43.0 Å². The fourth-order valence-electron chi connectivity index (χ4n) is 2.71. The number of hydrogen-bond donors (Lipinski definition) is 0. The van der Waals surface area contributed by atoms with Crippen LogP contribution in [0.15, 0.2) is 24.4 Å². The van der Waals surface area contributed by atoms with E-state index in [0.717, 1.165) is 36.0 Å². The fourth-order valence-corrected chi connectivity index (χ4v) is 3.22. The van der Waals surface area contributed by atoms with Crippen LogP contribution in [0.3, 0.4) is 0 Å². The summed E-state index contributed by atoms with van der Waals surface area (Å²) in [5.74, 6) is 2.12. The molecule has 1 fully saturated rings. The van der Waals surface area contributed by atoms with Gasteiger partial charge < -0.3 is 4.57 Å². The van der Waals surface area contributed by atoms with E-state index in [1.54, 1.807) is 6.07 Å². The van der Waals surface area contributed by atoms with Crippen LogP contribution in [0.1, 0.15) is 38.4 Å². The molecule has 0 N–H and O–H groups in total. The number of rotatable bonds is 6. The second kappa shape index (κ2) is 6.41. The van der Waals surface area contributed by atoms with E-state index in [1.165, 1.54) is 25.7 Å². The van der Waals surface area contributed by atoms with Crippen molar-refractivity contribution < 1.29 is 0 Å². The van der Waals surface area contributed by atoms with Gasteiger partial charge in [-0.25, -0.2) is 4.98 Å². The van der Waals surface area contributed by atoms with Gasteiger partial charge in [0.25, 0.3) is 0 Å². The number of halogens is 2. The molecule has 4 heteroatoms. The predicted octanol–water partition coefficient (Wildman–Crippen LogP) is 5.61. The molecule has 1 saturated carbocycles. The van der Waals surface area contributed by atoms with Gasteiger partial charge in [-0.15, -0.1) is 0 Å². The Balaban J connectivity index is 1.80. The van der Waals surface area contributed by atoms with Gasteiger partial charge in [0.05, 0.1) is 10.7 Å². The SMILES string of the molecule is CCc1nc(-c2ccc(Cl)cc2Cl)cn1CCCC1CC1. The van der Waals surface area contributed by atoms with Crippen molar-refractivity contribution in [2.75, 3.05) is 0 Å². The molecule has 0 saturated heterocycles. The van der Waals surface area contributed by atoms with Crippen LogP contribution in [0.25, 0.3) is 11.3 Å². The first-order chi connectivity index (χ1) is 10.2. The predicted molar refractivity (Wildman–Crippen MR) is 89.0 cm³/mol. The van der Waals surface area contributed by atoms with Crippen LogP contribution in [0.4, 0.5) is 0 Å². The average molecular weight is 323 g/mol. The lowest BCUT2D eigenvalue weighted by molar-refractivity contribution is 0.561. The van der Waals surface area contributed by atoms with Gasteiger partial charge in [-0.05, 0) is 37.0 Å². The number of benzene rings is 1. The topological polar surface area (TPSA) is 17.8 Å². The lowest BCUT2D eigenvalue weighted by Gasteiger charge is -2.05. The van der Waals surface area contributed by atoms with Crippen molar-refractivity contribution in [1.82, 2.24) is 9.55 Å². The number of nitrogens with zero attached hydrogens (tertiary/aromatic N) is 2. The van der Waals surface area contributed by atoms with Gasteiger partial charge in [0.15, 0.2) is 0 Å². The minimum absolute atomic E-state index is 0.656. The molecule has 0 radical (unpaired) electrons. The van der Waals surface area contributed by atoms with Crippen molar-refractivity contribution in [2.45, 2.75) is 45.6 Å². The minimum Gasteiger partial charge on any atom is -0.334 e. The van der Waals surface area contributed by atoms with E-state index in [2.05, 4.69) is 17.7 Å². The van der Waals surface area contributed by atoms with Crippen LogP contribution in [0.5, 0.6) is 0 Å². The second-order valence-electron chi connectivity index (χ2n) is 5.80. The fraction of sp³-hybridized carbons (Fsp3) is 0.471. The Bertz CT molecular complexity index is 630. The zero-order valence-electron chi connectivity index (χ0n) is 12.3. The lowest BCUT2D eigenvalue weighted by Crippen LogP contribution is -2.02. The largest absolute Gasteiger partial charge is 0.334 e. The number of aromatic nitrogens is 2. The third-order valence-corrected chi connectivity index (χ3v) is 4.64. The molecule has 1 heterocycles. The number of aryl methyl sites for hydroxylation is 2. The summed E-state index contributed by atoms with van der Waals surface area (Å²) in [5.41, 5.74) is 1.90. The first kappa shape index (κ1) is 14.9. The van der Waals surface area contributed by atoms with Gasteiger partial charge in [-0.2, -0.15) is 0 Å². The molecule has 1 aliphatic rings. The molecule has 1 aromatic carbocycles. The van der Waals surface area contributed by atoms with Crippen molar-refractivity contribution in [3.63, 3.8) is 0 Å². The molecule has 21 heavy (non-hydrogen) atoms. The van der Waals surface area contributed by atoms with E-state index in [9.17, 15) is 0 Å². The molecule has 0 amide bonds. The molecule has 112 valence electrons. The van der Waals surface area contributed by atoms with Crippen LogP contribution >= 0.6 is 23.2 Å². The second-order valence-corrected chi connectivity index (χ2v) is 6.64. The zero-order chi connectivity index (χ0) is 14.8. The van der Waals surface area contributed by atoms with Gasteiger partial charge in [0, 0.05) is 29.7 Å². The molecule has 2 nitrogen and oxygen atoms in total. The molecule has 0 spiro atoms.